The van der Waals surface area contributed by atoms with Crippen LogP contribution in [0, 0.1) is 6.92 Å². The first-order chi connectivity index (χ1) is 14.1. The molecule has 1 amide bonds. The molecule has 0 saturated carbocycles. The van der Waals surface area contributed by atoms with E-state index in [1.54, 1.807) is 18.2 Å². The fourth-order valence-electron chi connectivity index (χ4n) is 3.59. The van der Waals surface area contributed by atoms with Gasteiger partial charge in [0, 0.05) is 50.2 Å². The maximum atomic E-state index is 12.5. The molecule has 1 aliphatic rings. The molecule has 2 heterocycles. The molecule has 2 aromatic carbocycles. The van der Waals surface area contributed by atoms with E-state index in [2.05, 4.69) is 36.1 Å². The van der Waals surface area contributed by atoms with Crippen molar-refractivity contribution in [3.05, 3.63) is 76.1 Å². The number of hydrogen-bond acceptors (Lipinski definition) is 5. The predicted molar refractivity (Wildman–Crippen MR) is 111 cm³/mol. The number of fused-ring (bicyclic) bond motifs is 1. The van der Waals surface area contributed by atoms with E-state index in [1.165, 1.54) is 17.2 Å². The molecule has 1 aromatic heterocycles. The zero-order valence-electron chi connectivity index (χ0n) is 16.5. The van der Waals surface area contributed by atoms with Crippen molar-refractivity contribution in [1.29, 1.82) is 0 Å². The van der Waals surface area contributed by atoms with Crippen LogP contribution in [0.3, 0.4) is 0 Å². The molecule has 29 heavy (non-hydrogen) atoms. The third kappa shape index (κ3) is 4.84. The summed E-state index contributed by atoms with van der Waals surface area (Å²) in [6, 6.07) is 16.8. The number of piperazine rings is 1. The molecule has 4 rings (SSSR count). The number of nitrogens with zero attached hydrogens (tertiary/aromatic N) is 2. The molecule has 0 N–H and O–H groups in total. The van der Waals surface area contributed by atoms with Gasteiger partial charge in [-0.15, -0.1) is 0 Å². The lowest BCUT2D eigenvalue weighted by Crippen LogP contribution is -2.49. The molecule has 3 aromatic rings. The summed E-state index contributed by atoms with van der Waals surface area (Å²) < 4.78 is 10.8. The topological polar surface area (TPSA) is 63.0 Å². The summed E-state index contributed by atoms with van der Waals surface area (Å²) in [6.07, 6.45) is 0. The molecule has 0 spiro atoms. The van der Waals surface area contributed by atoms with Gasteiger partial charge in [-0.05, 0) is 30.7 Å². The van der Waals surface area contributed by atoms with Crippen molar-refractivity contribution >= 4 is 16.9 Å². The average Bonchev–Trinajstić information content (AvgIpc) is 2.72. The van der Waals surface area contributed by atoms with Gasteiger partial charge >= 0.3 is 5.63 Å². The van der Waals surface area contributed by atoms with E-state index in [9.17, 15) is 9.59 Å². The van der Waals surface area contributed by atoms with Crippen LogP contribution in [0.1, 0.15) is 11.1 Å². The highest BCUT2D eigenvalue weighted by atomic mass is 16.5. The zero-order valence-corrected chi connectivity index (χ0v) is 16.5. The summed E-state index contributed by atoms with van der Waals surface area (Å²) >= 11 is 0. The van der Waals surface area contributed by atoms with Crippen molar-refractivity contribution in [2.75, 3.05) is 32.8 Å². The van der Waals surface area contributed by atoms with E-state index in [0.717, 1.165) is 25.0 Å². The van der Waals surface area contributed by atoms with Gasteiger partial charge in [0.05, 0.1) is 0 Å². The van der Waals surface area contributed by atoms with E-state index in [1.807, 2.05) is 11.0 Å². The van der Waals surface area contributed by atoms with Crippen LogP contribution in [0.25, 0.3) is 11.0 Å². The monoisotopic (exact) mass is 392 g/mol. The summed E-state index contributed by atoms with van der Waals surface area (Å²) in [4.78, 5) is 28.1. The average molecular weight is 392 g/mol. The largest absolute Gasteiger partial charge is 0.484 e. The summed E-state index contributed by atoms with van der Waals surface area (Å²) in [5.41, 5.74) is 2.61. The van der Waals surface area contributed by atoms with Crippen LogP contribution in [0.4, 0.5) is 0 Å². The number of carbonyl (C=O) groups is 1. The van der Waals surface area contributed by atoms with Gasteiger partial charge in [0.2, 0.25) is 0 Å². The second-order valence-corrected chi connectivity index (χ2v) is 7.39. The second-order valence-electron chi connectivity index (χ2n) is 7.39. The van der Waals surface area contributed by atoms with Gasteiger partial charge in [-0.2, -0.15) is 0 Å². The van der Waals surface area contributed by atoms with Gasteiger partial charge in [-0.1, -0.05) is 29.8 Å². The second kappa shape index (κ2) is 8.49. The zero-order chi connectivity index (χ0) is 20.2. The van der Waals surface area contributed by atoms with Crippen molar-refractivity contribution in [2.24, 2.45) is 0 Å². The number of amides is 1. The summed E-state index contributed by atoms with van der Waals surface area (Å²) in [7, 11) is 0. The number of benzene rings is 2. The molecule has 6 nitrogen and oxygen atoms in total. The number of hydrogen-bond donors (Lipinski definition) is 0. The van der Waals surface area contributed by atoms with Crippen molar-refractivity contribution in [1.82, 2.24) is 9.80 Å². The van der Waals surface area contributed by atoms with E-state index in [4.69, 9.17) is 9.15 Å². The molecule has 0 atom stereocenters. The van der Waals surface area contributed by atoms with E-state index >= 15 is 0 Å². The summed E-state index contributed by atoms with van der Waals surface area (Å²) in [5.74, 6) is 0.480. The fourth-order valence-corrected chi connectivity index (χ4v) is 3.59. The molecule has 150 valence electrons. The minimum atomic E-state index is -0.408. The van der Waals surface area contributed by atoms with Gasteiger partial charge in [-0.25, -0.2) is 4.79 Å². The molecule has 0 radical (unpaired) electrons. The Labute approximate surface area is 169 Å². The Hall–Kier alpha value is -3.12. The van der Waals surface area contributed by atoms with Gasteiger partial charge in [0.15, 0.2) is 6.61 Å². The third-order valence-electron chi connectivity index (χ3n) is 5.17. The van der Waals surface area contributed by atoms with Crippen molar-refractivity contribution in [3.8, 4) is 5.75 Å². The fraction of sp³-hybridized carbons (Fsp3) is 0.304. The van der Waals surface area contributed by atoms with Gasteiger partial charge < -0.3 is 14.1 Å². The maximum absolute atomic E-state index is 12.5. The number of aryl methyl sites for hydroxylation is 1. The third-order valence-corrected chi connectivity index (χ3v) is 5.17. The van der Waals surface area contributed by atoms with Crippen LogP contribution in [0.5, 0.6) is 5.75 Å². The van der Waals surface area contributed by atoms with Crippen LogP contribution in [-0.2, 0) is 11.3 Å². The lowest BCUT2D eigenvalue weighted by Gasteiger charge is -2.34. The van der Waals surface area contributed by atoms with E-state index in [-0.39, 0.29) is 12.5 Å². The van der Waals surface area contributed by atoms with Crippen molar-refractivity contribution in [2.45, 2.75) is 13.5 Å². The number of ether oxygens (including phenoxy) is 1. The van der Waals surface area contributed by atoms with Gasteiger partial charge in [0.1, 0.15) is 11.3 Å². The van der Waals surface area contributed by atoms with Crippen molar-refractivity contribution in [3.63, 3.8) is 0 Å². The molecular formula is C23H24N2O4. The van der Waals surface area contributed by atoms with E-state index in [0.29, 0.717) is 24.4 Å². The Morgan fingerprint density at radius 1 is 1.03 bits per heavy atom. The Morgan fingerprint density at radius 3 is 2.62 bits per heavy atom. The Morgan fingerprint density at radius 2 is 1.83 bits per heavy atom. The SMILES string of the molecule is Cc1cccc(CN2CCN(C(=O)COc3ccc4ccc(=O)oc4c3)CC2)c1. The molecule has 6 heteroatoms. The van der Waals surface area contributed by atoms with E-state index < -0.39 is 5.63 Å². The smallest absolute Gasteiger partial charge is 0.336 e. The first-order valence-corrected chi connectivity index (χ1v) is 9.79. The molecule has 1 aliphatic heterocycles. The summed E-state index contributed by atoms with van der Waals surface area (Å²) in [6.45, 7) is 6.06. The van der Waals surface area contributed by atoms with Crippen LogP contribution in [0.15, 0.2) is 63.8 Å². The molecule has 1 saturated heterocycles. The van der Waals surface area contributed by atoms with Crippen LogP contribution >= 0.6 is 0 Å². The predicted octanol–water partition coefficient (Wildman–Crippen LogP) is 2.82. The first-order valence-electron chi connectivity index (χ1n) is 9.79. The molecule has 1 fully saturated rings. The molecule has 0 aliphatic carbocycles. The highest BCUT2D eigenvalue weighted by molar-refractivity contribution is 5.79. The quantitative estimate of drug-likeness (QED) is 0.625. The lowest BCUT2D eigenvalue weighted by molar-refractivity contribution is -0.135. The first kappa shape index (κ1) is 19.2. The number of rotatable bonds is 5. The Balaban J connectivity index is 1.28. The minimum absolute atomic E-state index is 0.0273. The van der Waals surface area contributed by atoms with Gasteiger partial charge in [-0.3, -0.25) is 9.69 Å². The van der Waals surface area contributed by atoms with Gasteiger partial charge in [0.25, 0.3) is 5.91 Å². The molecular weight excluding hydrogens is 368 g/mol. The molecule has 0 bridgehead atoms. The number of carbonyl (C=O) groups excluding carboxylic acids is 1. The molecule has 0 unspecified atom stereocenters. The van der Waals surface area contributed by atoms with Crippen LogP contribution in [0.2, 0.25) is 0 Å². The summed E-state index contributed by atoms with van der Waals surface area (Å²) in [5, 5.41) is 0.813. The standard InChI is InChI=1S/C23H24N2O4/c1-17-3-2-4-18(13-17)15-24-9-11-25(12-10-24)22(26)16-28-20-7-5-19-6-8-23(27)29-21(19)14-20/h2-8,13-14H,9-12,15-16H2,1H3. The minimum Gasteiger partial charge on any atom is -0.484 e. The van der Waals surface area contributed by atoms with Crippen molar-refractivity contribution < 1.29 is 13.9 Å². The lowest BCUT2D eigenvalue weighted by atomic mass is 10.1. The Kier molecular flexibility index (Phi) is 5.62. The van der Waals surface area contributed by atoms with Crippen LogP contribution in [-0.4, -0.2) is 48.5 Å². The Bertz CT molecular complexity index is 1070. The van der Waals surface area contributed by atoms with Crippen LogP contribution < -0.4 is 10.4 Å². The highest BCUT2D eigenvalue weighted by Gasteiger charge is 2.21. The highest BCUT2D eigenvalue weighted by Crippen LogP contribution is 2.19. The maximum Gasteiger partial charge on any atom is 0.336 e. The normalized spacial score (nSPS) is 14.9.